The summed E-state index contributed by atoms with van der Waals surface area (Å²) in [6.45, 7) is 6.94. The van der Waals surface area contributed by atoms with Crippen LogP contribution in [0, 0.1) is 20.8 Å². The van der Waals surface area contributed by atoms with Gasteiger partial charge in [-0.25, -0.2) is 0 Å². The summed E-state index contributed by atoms with van der Waals surface area (Å²) in [7, 11) is 1.57. The third-order valence-corrected chi connectivity index (χ3v) is 3.69. The summed E-state index contributed by atoms with van der Waals surface area (Å²) in [6.07, 6.45) is 0.779. The van der Waals surface area contributed by atoms with Crippen LogP contribution in [-0.4, -0.2) is 26.6 Å². The SMILES string of the molecule is COc1ccc(C=O)cc1OCCOc1cc(C)cc(C)c1C. The monoisotopic (exact) mass is 314 g/mol. The zero-order chi connectivity index (χ0) is 16.8. The van der Waals surface area contributed by atoms with Crippen molar-refractivity contribution in [2.24, 2.45) is 0 Å². The normalized spacial score (nSPS) is 10.3. The smallest absolute Gasteiger partial charge is 0.162 e. The summed E-state index contributed by atoms with van der Waals surface area (Å²) in [6, 6.07) is 9.22. The highest BCUT2D eigenvalue weighted by Gasteiger charge is 2.07. The van der Waals surface area contributed by atoms with E-state index >= 15 is 0 Å². The fraction of sp³-hybridized carbons (Fsp3) is 0.316. The summed E-state index contributed by atoms with van der Waals surface area (Å²) in [5.41, 5.74) is 4.06. The van der Waals surface area contributed by atoms with Gasteiger partial charge in [0.25, 0.3) is 0 Å². The molecule has 0 N–H and O–H groups in total. The zero-order valence-corrected chi connectivity index (χ0v) is 14.0. The quantitative estimate of drug-likeness (QED) is 0.574. The number of carbonyl (C=O) groups is 1. The molecule has 122 valence electrons. The summed E-state index contributed by atoms with van der Waals surface area (Å²) < 4.78 is 16.7. The van der Waals surface area contributed by atoms with Crippen molar-refractivity contribution in [3.63, 3.8) is 0 Å². The van der Waals surface area contributed by atoms with Crippen LogP contribution in [0.2, 0.25) is 0 Å². The molecule has 0 aliphatic heterocycles. The molecule has 0 aliphatic rings. The van der Waals surface area contributed by atoms with E-state index in [-0.39, 0.29) is 0 Å². The predicted molar refractivity (Wildman–Crippen MR) is 90.0 cm³/mol. The minimum Gasteiger partial charge on any atom is -0.493 e. The van der Waals surface area contributed by atoms with Gasteiger partial charge in [0.05, 0.1) is 7.11 Å². The summed E-state index contributed by atoms with van der Waals surface area (Å²) >= 11 is 0. The molecule has 2 aromatic carbocycles. The lowest BCUT2D eigenvalue weighted by Gasteiger charge is -2.14. The lowest BCUT2D eigenvalue weighted by Crippen LogP contribution is -2.10. The van der Waals surface area contributed by atoms with Crippen LogP contribution < -0.4 is 14.2 Å². The minimum atomic E-state index is 0.366. The number of rotatable bonds is 7. The van der Waals surface area contributed by atoms with E-state index < -0.39 is 0 Å². The van der Waals surface area contributed by atoms with Gasteiger partial charge < -0.3 is 14.2 Å². The van der Waals surface area contributed by atoms with Crippen LogP contribution in [0.1, 0.15) is 27.0 Å². The Balaban J connectivity index is 1.97. The predicted octanol–water partition coefficient (Wildman–Crippen LogP) is 3.89. The number of aryl methyl sites for hydroxylation is 2. The van der Waals surface area contributed by atoms with Crippen LogP contribution in [0.25, 0.3) is 0 Å². The number of aldehydes is 1. The number of carbonyl (C=O) groups excluding carboxylic acids is 1. The first-order chi connectivity index (χ1) is 11.0. The Kier molecular flexibility index (Phi) is 5.63. The molecule has 2 aromatic rings. The molecule has 0 saturated carbocycles. The molecule has 0 aromatic heterocycles. The van der Waals surface area contributed by atoms with Gasteiger partial charge >= 0.3 is 0 Å². The van der Waals surface area contributed by atoms with Crippen LogP contribution in [-0.2, 0) is 0 Å². The Morgan fingerprint density at radius 1 is 0.913 bits per heavy atom. The van der Waals surface area contributed by atoms with Crippen molar-refractivity contribution in [1.29, 1.82) is 0 Å². The maximum Gasteiger partial charge on any atom is 0.162 e. The number of benzene rings is 2. The molecule has 0 aliphatic carbocycles. The van der Waals surface area contributed by atoms with E-state index in [4.69, 9.17) is 14.2 Å². The number of hydrogen-bond donors (Lipinski definition) is 0. The fourth-order valence-electron chi connectivity index (χ4n) is 2.33. The number of hydrogen-bond acceptors (Lipinski definition) is 4. The molecule has 0 saturated heterocycles. The molecule has 0 atom stereocenters. The largest absolute Gasteiger partial charge is 0.493 e. The van der Waals surface area contributed by atoms with Crippen LogP contribution >= 0.6 is 0 Å². The van der Waals surface area contributed by atoms with Crippen molar-refractivity contribution >= 4 is 6.29 Å². The average molecular weight is 314 g/mol. The van der Waals surface area contributed by atoms with Crippen molar-refractivity contribution in [2.75, 3.05) is 20.3 Å². The third-order valence-electron chi connectivity index (χ3n) is 3.69. The van der Waals surface area contributed by atoms with E-state index in [1.165, 1.54) is 11.1 Å². The third kappa shape index (κ3) is 4.25. The van der Waals surface area contributed by atoms with Crippen molar-refractivity contribution < 1.29 is 19.0 Å². The van der Waals surface area contributed by atoms with Gasteiger partial charge in [-0.15, -0.1) is 0 Å². The highest BCUT2D eigenvalue weighted by atomic mass is 16.5. The summed E-state index contributed by atoms with van der Waals surface area (Å²) in [4.78, 5) is 10.9. The summed E-state index contributed by atoms with van der Waals surface area (Å²) in [5.74, 6) is 2.01. The fourth-order valence-corrected chi connectivity index (χ4v) is 2.33. The Morgan fingerprint density at radius 2 is 1.61 bits per heavy atom. The van der Waals surface area contributed by atoms with E-state index in [0.717, 1.165) is 17.6 Å². The molecule has 0 amide bonds. The summed E-state index contributed by atoms with van der Waals surface area (Å²) in [5, 5.41) is 0. The molecule has 0 radical (unpaired) electrons. The van der Waals surface area contributed by atoms with Gasteiger partial charge in [-0.1, -0.05) is 6.07 Å². The van der Waals surface area contributed by atoms with Gasteiger partial charge in [0.1, 0.15) is 25.2 Å². The van der Waals surface area contributed by atoms with Gasteiger partial charge in [0.15, 0.2) is 11.5 Å². The Hall–Kier alpha value is -2.49. The van der Waals surface area contributed by atoms with Crippen molar-refractivity contribution in [2.45, 2.75) is 20.8 Å². The van der Waals surface area contributed by atoms with E-state index in [1.807, 2.05) is 19.9 Å². The zero-order valence-electron chi connectivity index (χ0n) is 14.0. The molecule has 23 heavy (non-hydrogen) atoms. The molecule has 2 rings (SSSR count). The van der Waals surface area contributed by atoms with Crippen LogP contribution in [0.5, 0.6) is 17.2 Å². The van der Waals surface area contributed by atoms with E-state index in [2.05, 4.69) is 13.0 Å². The lowest BCUT2D eigenvalue weighted by molar-refractivity contribution is 0.112. The standard InChI is InChI=1S/C19H22O4/c1-13-9-14(2)15(3)18(10-13)22-7-8-23-19-11-16(12-20)5-6-17(19)21-4/h5-6,9-12H,7-8H2,1-4H3. The van der Waals surface area contributed by atoms with Gasteiger partial charge in [-0.3, -0.25) is 4.79 Å². The molecule has 0 heterocycles. The highest BCUT2D eigenvalue weighted by molar-refractivity contribution is 5.76. The maximum absolute atomic E-state index is 10.9. The average Bonchev–Trinajstić information content (AvgIpc) is 2.55. The van der Waals surface area contributed by atoms with Gasteiger partial charge in [0, 0.05) is 5.56 Å². The molecule has 4 nitrogen and oxygen atoms in total. The number of ether oxygens (including phenoxy) is 3. The van der Waals surface area contributed by atoms with E-state index in [1.54, 1.807) is 25.3 Å². The Bertz CT molecular complexity index is 692. The van der Waals surface area contributed by atoms with Crippen molar-refractivity contribution in [3.05, 3.63) is 52.6 Å². The molecular weight excluding hydrogens is 292 g/mol. The first kappa shape index (κ1) is 16.9. The van der Waals surface area contributed by atoms with Gasteiger partial charge in [0.2, 0.25) is 0 Å². The molecule has 0 spiro atoms. The molecule has 0 bridgehead atoms. The molecule has 0 fully saturated rings. The maximum atomic E-state index is 10.9. The van der Waals surface area contributed by atoms with Crippen LogP contribution in [0.4, 0.5) is 0 Å². The van der Waals surface area contributed by atoms with Crippen LogP contribution in [0.3, 0.4) is 0 Å². The van der Waals surface area contributed by atoms with Crippen molar-refractivity contribution in [3.8, 4) is 17.2 Å². The van der Waals surface area contributed by atoms with E-state index in [0.29, 0.717) is 30.3 Å². The molecular formula is C19H22O4. The Morgan fingerprint density at radius 3 is 2.26 bits per heavy atom. The van der Waals surface area contributed by atoms with Gasteiger partial charge in [-0.2, -0.15) is 0 Å². The highest BCUT2D eigenvalue weighted by Crippen LogP contribution is 2.28. The Labute approximate surface area is 137 Å². The van der Waals surface area contributed by atoms with Crippen molar-refractivity contribution in [1.82, 2.24) is 0 Å². The second-order valence-corrected chi connectivity index (χ2v) is 5.43. The van der Waals surface area contributed by atoms with Gasteiger partial charge in [-0.05, 0) is 61.7 Å². The topological polar surface area (TPSA) is 44.8 Å². The molecule has 4 heteroatoms. The molecule has 0 unspecified atom stereocenters. The first-order valence-electron chi connectivity index (χ1n) is 7.52. The second-order valence-electron chi connectivity index (χ2n) is 5.43. The second kappa shape index (κ2) is 7.68. The lowest BCUT2D eigenvalue weighted by atomic mass is 10.1. The first-order valence-corrected chi connectivity index (χ1v) is 7.52. The number of methoxy groups -OCH3 is 1. The van der Waals surface area contributed by atoms with Crippen LogP contribution in [0.15, 0.2) is 30.3 Å². The minimum absolute atomic E-state index is 0.366. The van der Waals surface area contributed by atoms with E-state index in [9.17, 15) is 4.79 Å².